The van der Waals surface area contributed by atoms with Crippen LogP contribution in [0.2, 0.25) is 0 Å². The minimum absolute atomic E-state index is 0.0547. The molecule has 0 amide bonds. The fourth-order valence-electron chi connectivity index (χ4n) is 5.26. The quantitative estimate of drug-likeness (QED) is 0.602. The van der Waals surface area contributed by atoms with E-state index in [1.165, 1.54) is 17.5 Å². The van der Waals surface area contributed by atoms with E-state index in [0.29, 0.717) is 5.92 Å². The molecule has 5 nitrogen and oxygen atoms in total. The molecule has 0 aliphatic heterocycles. The number of esters is 1. The van der Waals surface area contributed by atoms with Crippen LogP contribution in [-0.2, 0) is 16.8 Å². The van der Waals surface area contributed by atoms with Gasteiger partial charge in [0.15, 0.2) is 0 Å². The van der Waals surface area contributed by atoms with Crippen molar-refractivity contribution in [1.29, 1.82) is 0 Å². The Labute approximate surface area is 164 Å². The van der Waals surface area contributed by atoms with Crippen LogP contribution < -0.4 is 0 Å². The third-order valence-corrected chi connectivity index (χ3v) is 7.16. The van der Waals surface area contributed by atoms with Gasteiger partial charge < -0.3 is 9.15 Å². The van der Waals surface area contributed by atoms with Crippen LogP contribution in [0.15, 0.2) is 53.1 Å². The fraction of sp³-hybridized carbons (Fsp3) is 0.391. The van der Waals surface area contributed by atoms with Gasteiger partial charge in [-0.1, -0.05) is 39.0 Å². The third-order valence-electron chi connectivity index (χ3n) is 7.16. The molecule has 5 heteroatoms. The number of hydrogen-bond acceptors (Lipinski definition) is 4. The minimum Gasteiger partial charge on any atom is -0.457 e. The molecule has 1 fully saturated rings. The van der Waals surface area contributed by atoms with Crippen molar-refractivity contribution in [2.45, 2.75) is 51.6 Å². The molecule has 28 heavy (non-hydrogen) atoms. The molecule has 144 valence electrons. The van der Waals surface area contributed by atoms with Gasteiger partial charge in [0, 0.05) is 11.0 Å². The van der Waals surface area contributed by atoms with Gasteiger partial charge in [-0.2, -0.15) is 5.10 Å². The second kappa shape index (κ2) is 5.84. The zero-order valence-corrected chi connectivity index (χ0v) is 16.4. The number of para-hydroxylation sites is 1. The van der Waals surface area contributed by atoms with Gasteiger partial charge in [-0.05, 0) is 48.4 Å². The summed E-state index contributed by atoms with van der Waals surface area (Å²) in [6, 6.07) is 13.5. The molecule has 2 atom stereocenters. The molecular formula is C23H24N2O3. The van der Waals surface area contributed by atoms with Crippen LogP contribution in [-0.4, -0.2) is 15.7 Å². The Hall–Kier alpha value is -2.82. The van der Waals surface area contributed by atoms with Crippen LogP contribution in [0.3, 0.4) is 0 Å². The Morgan fingerprint density at radius 3 is 2.71 bits per heavy atom. The first-order valence-corrected chi connectivity index (χ1v) is 9.82. The Bertz CT molecular complexity index is 1030. The van der Waals surface area contributed by atoms with Gasteiger partial charge in [-0.3, -0.25) is 0 Å². The van der Waals surface area contributed by atoms with Crippen molar-refractivity contribution in [3.8, 4) is 5.69 Å². The zero-order valence-electron chi connectivity index (χ0n) is 16.4. The smallest absolute Gasteiger partial charge is 0.374 e. The van der Waals surface area contributed by atoms with E-state index in [4.69, 9.17) is 14.3 Å². The van der Waals surface area contributed by atoms with E-state index in [-0.39, 0.29) is 23.2 Å². The van der Waals surface area contributed by atoms with Crippen molar-refractivity contribution in [2.75, 3.05) is 0 Å². The third kappa shape index (κ3) is 2.19. The largest absolute Gasteiger partial charge is 0.457 e. The average Bonchev–Trinajstić information content (AvgIpc) is 3.42. The molecule has 0 radical (unpaired) electrons. The van der Waals surface area contributed by atoms with Crippen molar-refractivity contribution >= 4 is 5.97 Å². The van der Waals surface area contributed by atoms with Gasteiger partial charge in [-0.15, -0.1) is 0 Å². The van der Waals surface area contributed by atoms with E-state index in [1.807, 2.05) is 18.2 Å². The number of ether oxygens (including phenoxy) is 1. The minimum atomic E-state index is -0.457. The van der Waals surface area contributed by atoms with E-state index in [1.54, 1.807) is 12.1 Å². The Balaban J connectivity index is 1.58. The van der Waals surface area contributed by atoms with Crippen LogP contribution >= 0.6 is 0 Å². The number of fused-ring (bicyclic) bond motifs is 5. The lowest BCUT2D eigenvalue weighted by atomic mass is 9.70. The SMILES string of the molecule is CC1(C)[C@H]2CC[C@]1(C)c1c2c(COC(=O)c2ccco2)nn1-c1ccccc1. The molecule has 1 saturated carbocycles. The highest BCUT2D eigenvalue weighted by molar-refractivity contribution is 5.86. The highest BCUT2D eigenvalue weighted by Crippen LogP contribution is 2.68. The average molecular weight is 376 g/mol. The monoisotopic (exact) mass is 376 g/mol. The molecule has 2 heterocycles. The van der Waals surface area contributed by atoms with Crippen molar-refractivity contribution in [2.24, 2.45) is 5.41 Å². The van der Waals surface area contributed by atoms with Crippen LogP contribution in [0.25, 0.3) is 5.69 Å². The van der Waals surface area contributed by atoms with E-state index in [9.17, 15) is 4.79 Å². The number of benzene rings is 1. The highest BCUT2D eigenvalue weighted by atomic mass is 16.5. The first-order valence-electron chi connectivity index (χ1n) is 9.82. The van der Waals surface area contributed by atoms with Gasteiger partial charge in [0.2, 0.25) is 5.76 Å². The predicted octanol–water partition coefficient (Wildman–Crippen LogP) is 5.00. The van der Waals surface area contributed by atoms with Crippen LogP contribution in [0.4, 0.5) is 0 Å². The number of rotatable bonds is 4. The summed E-state index contributed by atoms with van der Waals surface area (Å²) in [7, 11) is 0. The predicted molar refractivity (Wildman–Crippen MR) is 104 cm³/mol. The molecule has 2 aliphatic rings. The summed E-state index contributed by atoms with van der Waals surface area (Å²) in [5, 5.41) is 4.92. The summed E-state index contributed by atoms with van der Waals surface area (Å²) >= 11 is 0. The van der Waals surface area contributed by atoms with Gasteiger partial charge in [-0.25, -0.2) is 9.48 Å². The Morgan fingerprint density at radius 2 is 2.00 bits per heavy atom. The van der Waals surface area contributed by atoms with Gasteiger partial charge in [0.1, 0.15) is 12.3 Å². The van der Waals surface area contributed by atoms with E-state index < -0.39 is 5.97 Å². The normalized spacial score (nSPS) is 24.3. The molecule has 5 rings (SSSR count). The zero-order chi connectivity index (χ0) is 19.5. The maximum absolute atomic E-state index is 12.3. The number of hydrogen-bond donors (Lipinski definition) is 0. The molecule has 2 aliphatic carbocycles. The molecular weight excluding hydrogens is 352 g/mol. The lowest BCUT2D eigenvalue weighted by Crippen LogP contribution is -2.33. The maximum atomic E-state index is 12.3. The van der Waals surface area contributed by atoms with Crippen LogP contribution in [0, 0.1) is 5.41 Å². The summed E-state index contributed by atoms with van der Waals surface area (Å²) in [4.78, 5) is 12.3. The van der Waals surface area contributed by atoms with E-state index >= 15 is 0 Å². The Morgan fingerprint density at radius 1 is 1.21 bits per heavy atom. The van der Waals surface area contributed by atoms with Crippen molar-refractivity contribution in [3.63, 3.8) is 0 Å². The summed E-state index contributed by atoms with van der Waals surface area (Å²) in [6.07, 6.45) is 3.78. The molecule has 1 aromatic carbocycles. The first kappa shape index (κ1) is 17.3. The van der Waals surface area contributed by atoms with Gasteiger partial charge in [0.05, 0.1) is 17.6 Å². The standard InChI is InChI=1S/C23H24N2O3/c1-22(2)16-11-12-23(22,3)20-19(16)17(14-28-21(26)18-10-7-13-27-18)24-25(20)15-8-5-4-6-9-15/h4-10,13,16H,11-12,14H2,1-3H3/t16-,23+/m0/s1. The number of carbonyl (C=O) groups is 1. The summed E-state index contributed by atoms with van der Waals surface area (Å²) in [5.74, 6) is 0.192. The van der Waals surface area contributed by atoms with E-state index in [2.05, 4.69) is 37.6 Å². The van der Waals surface area contributed by atoms with Crippen LogP contribution in [0.5, 0.6) is 0 Å². The molecule has 2 aromatic heterocycles. The van der Waals surface area contributed by atoms with Crippen molar-refractivity contribution in [1.82, 2.24) is 9.78 Å². The topological polar surface area (TPSA) is 57.3 Å². The Kier molecular flexibility index (Phi) is 3.60. The van der Waals surface area contributed by atoms with Crippen molar-refractivity contribution < 1.29 is 13.9 Å². The number of nitrogens with zero attached hydrogens (tertiary/aromatic N) is 2. The first-order chi connectivity index (χ1) is 13.4. The molecule has 0 saturated heterocycles. The summed E-state index contributed by atoms with van der Waals surface area (Å²) in [6.45, 7) is 7.24. The summed E-state index contributed by atoms with van der Waals surface area (Å²) < 4.78 is 12.8. The second-order valence-corrected chi connectivity index (χ2v) is 8.65. The number of aromatic nitrogens is 2. The van der Waals surface area contributed by atoms with Crippen molar-refractivity contribution in [3.05, 3.63) is 71.4 Å². The maximum Gasteiger partial charge on any atom is 0.374 e. The lowest BCUT2D eigenvalue weighted by molar-refractivity contribution is 0.0429. The second-order valence-electron chi connectivity index (χ2n) is 8.65. The fourth-order valence-corrected chi connectivity index (χ4v) is 5.26. The van der Waals surface area contributed by atoms with E-state index in [0.717, 1.165) is 24.2 Å². The van der Waals surface area contributed by atoms with Gasteiger partial charge in [0.25, 0.3) is 0 Å². The highest BCUT2D eigenvalue weighted by Gasteiger charge is 2.62. The van der Waals surface area contributed by atoms with Gasteiger partial charge >= 0.3 is 5.97 Å². The summed E-state index contributed by atoms with van der Waals surface area (Å²) in [5.41, 5.74) is 4.67. The lowest BCUT2D eigenvalue weighted by Gasteiger charge is -2.35. The molecule has 0 spiro atoms. The van der Waals surface area contributed by atoms with Crippen LogP contribution in [0.1, 0.15) is 67.0 Å². The molecule has 2 bridgehead atoms. The molecule has 3 aromatic rings. The molecule has 0 unspecified atom stereocenters. The molecule has 0 N–H and O–H groups in total. The number of carbonyl (C=O) groups excluding carboxylic acids is 1. The number of furan rings is 1.